The summed E-state index contributed by atoms with van der Waals surface area (Å²) in [6, 6.07) is 13.6. The normalized spacial score (nSPS) is 19.4. The number of hydrogen-bond acceptors (Lipinski definition) is 6. The van der Waals surface area contributed by atoms with Gasteiger partial charge in [-0.1, -0.05) is 18.2 Å². The van der Waals surface area contributed by atoms with Crippen molar-refractivity contribution in [1.82, 2.24) is 9.97 Å². The molecule has 138 valence electrons. The molecule has 0 unspecified atom stereocenters. The van der Waals surface area contributed by atoms with Gasteiger partial charge in [0.25, 0.3) is 0 Å². The van der Waals surface area contributed by atoms with E-state index in [-0.39, 0.29) is 5.92 Å². The SMILES string of the molecule is COC(=O)c1ccc(N2C[C@@H](Cc3ccnc4ccccc34)[C@@H](O)C2)nc1. The molecule has 1 aliphatic rings. The van der Waals surface area contributed by atoms with Crippen molar-refractivity contribution in [2.75, 3.05) is 25.1 Å². The summed E-state index contributed by atoms with van der Waals surface area (Å²) in [6.07, 6.45) is 3.68. The zero-order chi connectivity index (χ0) is 18.8. The third kappa shape index (κ3) is 3.48. The predicted octanol–water partition coefficient (Wildman–Crippen LogP) is 2.46. The van der Waals surface area contributed by atoms with Crippen molar-refractivity contribution in [2.24, 2.45) is 5.92 Å². The first-order valence-corrected chi connectivity index (χ1v) is 8.95. The molecule has 0 saturated carbocycles. The summed E-state index contributed by atoms with van der Waals surface area (Å²) >= 11 is 0. The lowest BCUT2D eigenvalue weighted by Crippen LogP contribution is -2.22. The lowest BCUT2D eigenvalue weighted by atomic mass is 9.94. The molecule has 3 aromatic rings. The average Bonchev–Trinajstić information content (AvgIpc) is 3.08. The Morgan fingerprint density at radius 2 is 2.04 bits per heavy atom. The highest BCUT2D eigenvalue weighted by Crippen LogP contribution is 2.28. The van der Waals surface area contributed by atoms with Crippen molar-refractivity contribution in [1.29, 1.82) is 0 Å². The number of para-hydroxylation sites is 1. The van der Waals surface area contributed by atoms with Crippen molar-refractivity contribution < 1.29 is 14.6 Å². The van der Waals surface area contributed by atoms with Gasteiger partial charge in [-0.2, -0.15) is 0 Å². The van der Waals surface area contributed by atoms with Gasteiger partial charge in [0.2, 0.25) is 0 Å². The molecule has 0 amide bonds. The molecule has 4 rings (SSSR count). The van der Waals surface area contributed by atoms with E-state index in [1.165, 1.54) is 18.9 Å². The minimum Gasteiger partial charge on any atom is -0.465 e. The zero-order valence-electron chi connectivity index (χ0n) is 15.1. The van der Waals surface area contributed by atoms with Crippen LogP contribution in [0.25, 0.3) is 10.9 Å². The highest BCUT2D eigenvalue weighted by molar-refractivity contribution is 5.89. The number of hydrogen-bond donors (Lipinski definition) is 1. The summed E-state index contributed by atoms with van der Waals surface area (Å²) < 4.78 is 4.70. The van der Waals surface area contributed by atoms with Crippen molar-refractivity contribution in [3.63, 3.8) is 0 Å². The Morgan fingerprint density at radius 3 is 2.81 bits per heavy atom. The van der Waals surface area contributed by atoms with Gasteiger partial charge in [-0.25, -0.2) is 9.78 Å². The molecular weight excluding hydrogens is 342 g/mol. The van der Waals surface area contributed by atoms with Gasteiger partial charge >= 0.3 is 5.97 Å². The molecule has 1 saturated heterocycles. The Bertz CT molecular complexity index is 953. The van der Waals surface area contributed by atoms with Crippen LogP contribution in [0.4, 0.5) is 5.82 Å². The number of aromatic nitrogens is 2. The number of aliphatic hydroxyl groups is 1. The minimum absolute atomic E-state index is 0.109. The Hall–Kier alpha value is -2.99. The van der Waals surface area contributed by atoms with Gasteiger partial charge in [-0.15, -0.1) is 0 Å². The Morgan fingerprint density at radius 1 is 1.19 bits per heavy atom. The molecular formula is C21H21N3O3. The van der Waals surface area contributed by atoms with Gasteiger partial charge in [-0.3, -0.25) is 4.98 Å². The van der Waals surface area contributed by atoms with E-state index in [4.69, 9.17) is 4.74 Å². The monoisotopic (exact) mass is 363 g/mol. The number of β-amino-alcohol motifs (C(OH)–C–C–N with tert-alkyl or cyclic N) is 1. The summed E-state index contributed by atoms with van der Waals surface area (Å²) in [4.78, 5) is 22.4. The first-order valence-electron chi connectivity index (χ1n) is 8.95. The van der Waals surface area contributed by atoms with Crippen LogP contribution in [0.3, 0.4) is 0 Å². The molecule has 0 spiro atoms. The van der Waals surface area contributed by atoms with E-state index in [9.17, 15) is 9.90 Å². The average molecular weight is 363 g/mol. The number of nitrogens with zero attached hydrogens (tertiary/aromatic N) is 3. The topological polar surface area (TPSA) is 75.5 Å². The van der Waals surface area contributed by atoms with Gasteiger partial charge in [0.15, 0.2) is 0 Å². The van der Waals surface area contributed by atoms with E-state index in [0.29, 0.717) is 18.7 Å². The second kappa shape index (κ2) is 7.32. The van der Waals surface area contributed by atoms with Crippen LogP contribution in [0.1, 0.15) is 15.9 Å². The van der Waals surface area contributed by atoms with Crippen LogP contribution in [-0.2, 0) is 11.2 Å². The molecule has 0 bridgehead atoms. The van der Waals surface area contributed by atoms with Crippen LogP contribution in [0.15, 0.2) is 54.9 Å². The number of fused-ring (bicyclic) bond motifs is 1. The Kier molecular flexibility index (Phi) is 4.73. The predicted molar refractivity (Wildman–Crippen MR) is 103 cm³/mol. The van der Waals surface area contributed by atoms with Crippen LogP contribution in [0.5, 0.6) is 0 Å². The number of aliphatic hydroxyl groups excluding tert-OH is 1. The first-order chi connectivity index (χ1) is 13.2. The second-order valence-electron chi connectivity index (χ2n) is 6.82. The summed E-state index contributed by atoms with van der Waals surface area (Å²) in [5.41, 5.74) is 2.58. The summed E-state index contributed by atoms with van der Waals surface area (Å²) in [5.74, 6) is 0.458. The molecule has 6 heteroatoms. The quantitative estimate of drug-likeness (QED) is 0.718. The molecule has 3 heterocycles. The maximum atomic E-state index is 11.5. The highest BCUT2D eigenvalue weighted by atomic mass is 16.5. The number of anilines is 1. The van der Waals surface area contributed by atoms with E-state index in [0.717, 1.165) is 23.1 Å². The third-order valence-electron chi connectivity index (χ3n) is 5.12. The van der Waals surface area contributed by atoms with E-state index >= 15 is 0 Å². The van der Waals surface area contributed by atoms with Gasteiger partial charge in [0.1, 0.15) is 5.82 Å². The number of carbonyl (C=O) groups is 1. The van der Waals surface area contributed by atoms with Gasteiger partial charge in [-0.05, 0) is 36.2 Å². The van der Waals surface area contributed by atoms with E-state index in [1.807, 2.05) is 30.5 Å². The number of rotatable bonds is 4. The fraction of sp³-hybridized carbons (Fsp3) is 0.286. The second-order valence-corrected chi connectivity index (χ2v) is 6.82. The molecule has 2 atom stereocenters. The zero-order valence-corrected chi connectivity index (χ0v) is 15.1. The van der Waals surface area contributed by atoms with E-state index in [2.05, 4.69) is 20.9 Å². The van der Waals surface area contributed by atoms with Crippen LogP contribution in [0.2, 0.25) is 0 Å². The molecule has 1 fully saturated rings. The smallest absolute Gasteiger partial charge is 0.339 e. The summed E-state index contributed by atoms with van der Waals surface area (Å²) in [6.45, 7) is 1.24. The van der Waals surface area contributed by atoms with Crippen LogP contribution in [0, 0.1) is 5.92 Å². The summed E-state index contributed by atoms with van der Waals surface area (Å²) in [7, 11) is 1.35. The van der Waals surface area contributed by atoms with Crippen LogP contribution in [-0.4, -0.2) is 47.3 Å². The Balaban J connectivity index is 1.50. The number of ether oxygens (including phenoxy) is 1. The fourth-order valence-electron chi connectivity index (χ4n) is 3.67. The first kappa shape index (κ1) is 17.4. The molecule has 2 aromatic heterocycles. The summed E-state index contributed by atoms with van der Waals surface area (Å²) in [5, 5.41) is 11.7. The van der Waals surface area contributed by atoms with Crippen molar-refractivity contribution in [3.05, 3.63) is 66.0 Å². The maximum absolute atomic E-state index is 11.5. The van der Waals surface area contributed by atoms with Crippen molar-refractivity contribution >= 4 is 22.7 Å². The third-order valence-corrected chi connectivity index (χ3v) is 5.12. The fourth-order valence-corrected chi connectivity index (χ4v) is 3.67. The maximum Gasteiger partial charge on any atom is 0.339 e. The molecule has 6 nitrogen and oxygen atoms in total. The molecule has 0 aliphatic carbocycles. The number of pyridine rings is 2. The van der Waals surface area contributed by atoms with Gasteiger partial charge in [0.05, 0.1) is 24.3 Å². The number of benzene rings is 1. The molecule has 1 N–H and O–H groups in total. The van der Waals surface area contributed by atoms with Gasteiger partial charge < -0.3 is 14.7 Å². The van der Waals surface area contributed by atoms with Crippen molar-refractivity contribution in [3.8, 4) is 0 Å². The van der Waals surface area contributed by atoms with Crippen LogP contribution >= 0.6 is 0 Å². The molecule has 1 aromatic carbocycles. The number of methoxy groups -OCH3 is 1. The van der Waals surface area contributed by atoms with Crippen molar-refractivity contribution in [2.45, 2.75) is 12.5 Å². The molecule has 0 radical (unpaired) electrons. The lowest BCUT2D eigenvalue weighted by Gasteiger charge is -2.17. The number of carbonyl (C=O) groups excluding carboxylic acids is 1. The van der Waals surface area contributed by atoms with Crippen LogP contribution < -0.4 is 4.90 Å². The minimum atomic E-state index is -0.431. The molecule has 1 aliphatic heterocycles. The Labute approximate surface area is 157 Å². The standard InChI is InChI=1S/C21H21N3O3/c1-27-21(26)15-6-7-20(23-11-15)24-12-16(19(25)13-24)10-14-8-9-22-18-5-3-2-4-17(14)18/h2-9,11,16,19,25H,10,12-13H2,1H3/t16-,19+/m1/s1. The van der Waals surface area contributed by atoms with Gasteiger partial charge in [0, 0.05) is 36.8 Å². The van der Waals surface area contributed by atoms with E-state index in [1.54, 1.807) is 12.1 Å². The lowest BCUT2D eigenvalue weighted by molar-refractivity contribution is 0.0600. The highest BCUT2D eigenvalue weighted by Gasteiger charge is 2.32. The number of esters is 1. The molecule has 27 heavy (non-hydrogen) atoms. The largest absolute Gasteiger partial charge is 0.465 e. The van der Waals surface area contributed by atoms with E-state index < -0.39 is 12.1 Å².